The molecule has 0 bridgehead atoms. The minimum Gasteiger partial charge on any atom is -0.498 e. The summed E-state index contributed by atoms with van der Waals surface area (Å²) < 4.78 is 4.74. The van der Waals surface area contributed by atoms with Crippen molar-refractivity contribution in [3.8, 4) is 0 Å². The fourth-order valence-electron chi connectivity index (χ4n) is 1.22. The Labute approximate surface area is 70.5 Å². The molecule has 1 rings (SSSR count). The highest BCUT2D eigenvalue weighted by atomic mass is 16.5. The van der Waals surface area contributed by atoms with E-state index in [1.165, 1.54) is 20.1 Å². The van der Waals surface area contributed by atoms with Crippen LogP contribution in [0.3, 0.4) is 0 Å². The fourth-order valence-corrected chi connectivity index (χ4v) is 1.22. The highest BCUT2D eigenvalue weighted by molar-refractivity contribution is 5.92. The standard InChI is InChI=1S/C8H12O4/c1-8(11)4-5(9)3-6(12-2)7(8)10/h3,7,10-11H,4H2,1-2H3/t7-,8+/m0/s1. The third-order valence-electron chi connectivity index (χ3n) is 1.93. The van der Waals surface area contributed by atoms with Gasteiger partial charge in [-0.3, -0.25) is 4.79 Å². The van der Waals surface area contributed by atoms with E-state index in [9.17, 15) is 15.0 Å². The van der Waals surface area contributed by atoms with E-state index >= 15 is 0 Å². The zero-order valence-electron chi connectivity index (χ0n) is 7.07. The first-order chi connectivity index (χ1) is 5.47. The molecule has 1 aliphatic rings. The average molecular weight is 172 g/mol. The maximum Gasteiger partial charge on any atom is 0.162 e. The Kier molecular flexibility index (Phi) is 2.21. The molecule has 0 fully saturated rings. The van der Waals surface area contributed by atoms with Gasteiger partial charge in [-0.2, -0.15) is 0 Å². The van der Waals surface area contributed by atoms with Crippen molar-refractivity contribution in [3.05, 3.63) is 11.8 Å². The lowest BCUT2D eigenvalue weighted by molar-refractivity contribution is -0.128. The van der Waals surface area contributed by atoms with Gasteiger partial charge < -0.3 is 14.9 Å². The van der Waals surface area contributed by atoms with Crippen LogP contribution in [-0.2, 0) is 9.53 Å². The molecule has 0 heterocycles. The second-order valence-electron chi connectivity index (χ2n) is 3.15. The summed E-state index contributed by atoms with van der Waals surface area (Å²) in [6, 6.07) is 0. The molecule has 0 amide bonds. The highest BCUT2D eigenvalue weighted by Crippen LogP contribution is 2.26. The molecule has 0 aliphatic heterocycles. The van der Waals surface area contributed by atoms with Crippen LogP contribution < -0.4 is 0 Å². The van der Waals surface area contributed by atoms with Crippen LogP contribution in [-0.4, -0.2) is 34.8 Å². The minimum atomic E-state index is -1.41. The average Bonchev–Trinajstić information content (AvgIpc) is 1.96. The molecule has 2 N–H and O–H groups in total. The number of methoxy groups -OCH3 is 1. The summed E-state index contributed by atoms with van der Waals surface area (Å²) in [7, 11) is 1.35. The first-order valence-electron chi connectivity index (χ1n) is 3.66. The molecule has 0 unspecified atom stereocenters. The zero-order valence-corrected chi connectivity index (χ0v) is 7.07. The van der Waals surface area contributed by atoms with Crippen molar-refractivity contribution < 1.29 is 19.7 Å². The van der Waals surface area contributed by atoms with Crippen LogP contribution in [0.15, 0.2) is 11.8 Å². The summed E-state index contributed by atoms with van der Waals surface area (Å²) >= 11 is 0. The summed E-state index contributed by atoms with van der Waals surface area (Å²) in [6.45, 7) is 1.40. The van der Waals surface area contributed by atoms with Gasteiger partial charge in [0.05, 0.1) is 7.11 Å². The quantitative estimate of drug-likeness (QED) is 0.565. The normalized spacial score (nSPS) is 36.2. The van der Waals surface area contributed by atoms with Crippen LogP contribution in [0.1, 0.15) is 13.3 Å². The molecule has 0 spiro atoms. The maximum atomic E-state index is 11.0. The molecular formula is C8H12O4. The smallest absolute Gasteiger partial charge is 0.162 e. The molecule has 4 heteroatoms. The Balaban J connectivity index is 2.95. The van der Waals surface area contributed by atoms with Gasteiger partial charge in [-0.05, 0) is 6.92 Å². The summed E-state index contributed by atoms with van der Waals surface area (Å²) in [4.78, 5) is 11.0. The van der Waals surface area contributed by atoms with Gasteiger partial charge >= 0.3 is 0 Å². The second kappa shape index (κ2) is 2.88. The summed E-state index contributed by atoms with van der Waals surface area (Å²) in [5.74, 6) is -0.113. The second-order valence-corrected chi connectivity index (χ2v) is 3.15. The van der Waals surface area contributed by atoms with Crippen LogP contribution in [0.5, 0.6) is 0 Å². The SMILES string of the molecule is COC1=CC(=O)C[C@@](C)(O)[C@H]1O. The molecule has 0 aromatic carbocycles. The Morgan fingerprint density at radius 3 is 2.83 bits per heavy atom. The number of allylic oxidation sites excluding steroid dienone is 1. The molecule has 0 aromatic rings. The Bertz CT molecular complexity index is 229. The molecule has 68 valence electrons. The van der Waals surface area contributed by atoms with Crippen molar-refractivity contribution in [2.75, 3.05) is 7.11 Å². The van der Waals surface area contributed by atoms with E-state index < -0.39 is 11.7 Å². The molecule has 0 saturated carbocycles. The van der Waals surface area contributed by atoms with Gasteiger partial charge in [-0.25, -0.2) is 0 Å². The number of hydrogen-bond donors (Lipinski definition) is 2. The van der Waals surface area contributed by atoms with Crippen LogP contribution in [0, 0.1) is 0 Å². The highest BCUT2D eigenvalue weighted by Gasteiger charge is 2.39. The van der Waals surface area contributed by atoms with E-state index in [4.69, 9.17) is 4.74 Å². The lowest BCUT2D eigenvalue weighted by Crippen LogP contribution is -2.45. The molecule has 0 radical (unpaired) electrons. The van der Waals surface area contributed by atoms with Gasteiger partial charge in [0.1, 0.15) is 17.5 Å². The monoisotopic (exact) mass is 172 g/mol. The number of carbonyl (C=O) groups is 1. The number of carbonyl (C=O) groups excluding carboxylic acids is 1. The molecule has 12 heavy (non-hydrogen) atoms. The van der Waals surface area contributed by atoms with Crippen molar-refractivity contribution in [2.24, 2.45) is 0 Å². The predicted molar refractivity (Wildman–Crippen MR) is 41.3 cm³/mol. The van der Waals surface area contributed by atoms with Crippen LogP contribution >= 0.6 is 0 Å². The topological polar surface area (TPSA) is 66.8 Å². The third kappa shape index (κ3) is 1.49. The van der Waals surface area contributed by atoms with Crippen LogP contribution in [0.4, 0.5) is 0 Å². The molecule has 2 atom stereocenters. The number of aliphatic hydroxyl groups is 2. The van der Waals surface area contributed by atoms with Crippen LogP contribution in [0.2, 0.25) is 0 Å². The minimum absolute atomic E-state index is 0.0684. The third-order valence-corrected chi connectivity index (χ3v) is 1.93. The summed E-state index contributed by atoms with van der Waals surface area (Å²) in [5.41, 5.74) is -1.41. The van der Waals surface area contributed by atoms with Crippen molar-refractivity contribution in [2.45, 2.75) is 25.0 Å². The number of ether oxygens (including phenoxy) is 1. The summed E-state index contributed by atoms with van der Waals surface area (Å²) in [6.07, 6.45) is 0.0316. The van der Waals surface area contributed by atoms with E-state index in [0.29, 0.717) is 0 Å². The Morgan fingerprint density at radius 2 is 2.33 bits per heavy atom. The summed E-state index contributed by atoms with van der Waals surface area (Å²) in [5, 5.41) is 18.9. The van der Waals surface area contributed by atoms with Crippen LogP contribution in [0.25, 0.3) is 0 Å². The Morgan fingerprint density at radius 1 is 1.75 bits per heavy atom. The van der Waals surface area contributed by atoms with E-state index in [-0.39, 0.29) is 18.0 Å². The molecule has 0 aromatic heterocycles. The van der Waals surface area contributed by atoms with E-state index in [2.05, 4.69) is 0 Å². The lowest BCUT2D eigenvalue weighted by Gasteiger charge is -2.32. The maximum absolute atomic E-state index is 11.0. The number of rotatable bonds is 1. The van der Waals surface area contributed by atoms with E-state index in [1.807, 2.05) is 0 Å². The van der Waals surface area contributed by atoms with Gasteiger partial charge in [-0.1, -0.05) is 0 Å². The zero-order chi connectivity index (χ0) is 9.35. The van der Waals surface area contributed by atoms with Crippen molar-refractivity contribution >= 4 is 5.78 Å². The van der Waals surface area contributed by atoms with Gasteiger partial charge in [0, 0.05) is 12.5 Å². The largest absolute Gasteiger partial charge is 0.498 e. The van der Waals surface area contributed by atoms with Crippen molar-refractivity contribution in [1.82, 2.24) is 0 Å². The molecule has 1 aliphatic carbocycles. The van der Waals surface area contributed by atoms with Gasteiger partial charge in [-0.15, -0.1) is 0 Å². The van der Waals surface area contributed by atoms with Crippen molar-refractivity contribution in [1.29, 1.82) is 0 Å². The fraction of sp³-hybridized carbons (Fsp3) is 0.625. The first kappa shape index (κ1) is 9.22. The predicted octanol–water partition coefficient (Wildman–Crippen LogP) is -0.399. The van der Waals surface area contributed by atoms with Gasteiger partial charge in [0.15, 0.2) is 5.78 Å². The lowest BCUT2D eigenvalue weighted by atomic mass is 9.86. The van der Waals surface area contributed by atoms with Gasteiger partial charge in [0.25, 0.3) is 0 Å². The van der Waals surface area contributed by atoms with E-state index in [1.54, 1.807) is 0 Å². The molecule has 4 nitrogen and oxygen atoms in total. The number of ketones is 1. The van der Waals surface area contributed by atoms with E-state index in [0.717, 1.165) is 0 Å². The van der Waals surface area contributed by atoms with Gasteiger partial charge in [0.2, 0.25) is 0 Å². The number of hydrogen-bond acceptors (Lipinski definition) is 4. The molecular weight excluding hydrogens is 160 g/mol. The first-order valence-corrected chi connectivity index (χ1v) is 3.66. The Hall–Kier alpha value is -0.870. The number of aliphatic hydroxyl groups excluding tert-OH is 1. The van der Waals surface area contributed by atoms with Crippen molar-refractivity contribution in [3.63, 3.8) is 0 Å². The molecule has 0 saturated heterocycles.